The quantitative estimate of drug-likeness (QED) is 0.450. The fourth-order valence-electron chi connectivity index (χ4n) is 1.58. The lowest BCUT2D eigenvalue weighted by Gasteiger charge is -2.17. The molecule has 0 saturated heterocycles. The Kier molecular flexibility index (Phi) is 6.30. The number of rotatable bonds is 6. The predicted molar refractivity (Wildman–Crippen MR) is 80.8 cm³/mol. The van der Waals surface area contributed by atoms with Crippen LogP contribution in [0.1, 0.15) is 16.8 Å². The van der Waals surface area contributed by atoms with Gasteiger partial charge in [-0.3, -0.25) is 14.9 Å². The molecule has 7 heteroatoms. The number of nitro groups is 1. The molecule has 1 rings (SSSR count). The van der Waals surface area contributed by atoms with Crippen molar-refractivity contribution in [2.24, 2.45) is 0 Å². The van der Waals surface area contributed by atoms with Crippen molar-refractivity contribution in [2.45, 2.75) is 6.42 Å². The third-order valence-corrected chi connectivity index (χ3v) is 4.12. The normalized spacial score (nSPS) is 10.3. The summed E-state index contributed by atoms with van der Waals surface area (Å²) in [4.78, 5) is 24.1. The Morgan fingerprint density at radius 1 is 1.53 bits per heavy atom. The van der Waals surface area contributed by atoms with Crippen LogP contribution in [0, 0.1) is 10.1 Å². The number of carbonyl (C=O) groups is 1. The van der Waals surface area contributed by atoms with Gasteiger partial charge in [-0.25, -0.2) is 0 Å². The summed E-state index contributed by atoms with van der Waals surface area (Å²) in [5, 5.41) is 10.8. The fraction of sp³-hybridized carbons (Fsp3) is 0.417. The zero-order valence-corrected chi connectivity index (χ0v) is 13.2. The number of carbonyl (C=O) groups excluding carboxylic acids is 1. The molecule has 0 unspecified atom stereocenters. The lowest BCUT2D eigenvalue weighted by molar-refractivity contribution is -0.385. The van der Waals surface area contributed by atoms with Crippen molar-refractivity contribution in [3.05, 3.63) is 38.3 Å². The number of benzene rings is 1. The van der Waals surface area contributed by atoms with Crippen LogP contribution in [0.2, 0.25) is 0 Å². The second-order valence-electron chi connectivity index (χ2n) is 3.97. The number of nitro benzene ring substituents is 1. The van der Waals surface area contributed by atoms with Crippen molar-refractivity contribution >= 4 is 39.3 Å². The zero-order valence-electron chi connectivity index (χ0n) is 10.8. The summed E-state index contributed by atoms with van der Waals surface area (Å²) in [6.45, 7) is 0.634. The van der Waals surface area contributed by atoms with Crippen LogP contribution in [0.4, 0.5) is 5.69 Å². The molecule has 0 bridgehead atoms. The number of amides is 1. The van der Waals surface area contributed by atoms with E-state index in [1.807, 2.05) is 6.26 Å². The van der Waals surface area contributed by atoms with Crippen molar-refractivity contribution in [1.82, 2.24) is 4.90 Å². The second kappa shape index (κ2) is 7.49. The van der Waals surface area contributed by atoms with Gasteiger partial charge in [0.1, 0.15) is 4.47 Å². The molecule has 0 heterocycles. The van der Waals surface area contributed by atoms with Crippen LogP contribution in [0.3, 0.4) is 0 Å². The zero-order chi connectivity index (χ0) is 14.4. The van der Waals surface area contributed by atoms with E-state index < -0.39 is 4.92 Å². The molecule has 0 radical (unpaired) electrons. The van der Waals surface area contributed by atoms with E-state index in [-0.39, 0.29) is 16.1 Å². The van der Waals surface area contributed by atoms with Gasteiger partial charge in [0.05, 0.1) is 10.5 Å². The Balaban J connectivity index is 2.88. The number of hydrogen-bond acceptors (Lipinski definition) is 4. The van der Waals surface area contributed by atoms with Gasteiger partial charge in [-0.1, -0.05) is 6.07 Å². The topological polar surface area (TPSA) is 63.5 Å². The van der Waals surface area contributed by atoms with E-state index in [9.17, 15) is 14.9 Å². The molecule has 1 amide bonds. The Bertz CT molecular complexity index is 482. The van der Waals surface area contributed by atoms with Crippen molar-refractivity contribution < 1.29 is 9.72 Å². The molecule has 0 fully saturated rings. The molecule has 0 spiro atoms. The Hall–Kier alpha value is -1.08. The van der Waals surface area contributed by atoms with Crippen molar-refractivity contribution in [1.29, 1.82) is 0 Å². The first kappa shape index (κ1) is 16.0. The summed E-state index contributed by atoms with van der Waals surface area (Å²) in [5.41, 5.74) is 0.226. The first-order valence-electron chi connectivity index (χ1n) is 5.66. The van der Waals surface area contributed by atoms with Gasteiger partial charge in [0.15, 0.2) is 0 Å². The van der Waals surface area contributed by atoms with Gasteiger partial charge in [0.25, 0.3) is 11.6 Å². The van der Waals surface area contributed by atoms with Crippen LogP contribution in [0.25, 0.3) is 0 Å². The van der Waals surface area contributed by atoms with Gasteiger partial charge >= 0.3 is 0 Å². The lowest BCUT2D eigenvalue weighted by atomic mass is 10.2. The molecule has 104 valence electrons. The molecule has 0 N–H and O–H groups in total. The van der Waals surface area contributed by atoms with E-state index in [4.69, 9.17) is 0 Å². The van der Waals surface area contributed by atoms with Gasteiger partial charge in [-0.05, 0) is 40.4 Å². The average Bonchev–Trinajstić information content (AvgIpc) is 2.38. The van der Waals surface area contributed by atoms with Gasteiger partial charge in [-0.2, -0.15) is 11.8 Å². The lowest BCUT2D eigenvalue weighted by Crippen LogP contribution is -2.28. The highest BCUT2D eigenvalue weighted by atomic mass is 79.9. The SMILES string of the molecule is CSCCCN(C)C(=O)c1cccc([N+](=O)[O-])c1Br. The molecule has 1 aromatic rings. The first-order valence-corrected chi connectivity index (χ1v) is 7.85. The van der Waals surface area contributed by atoms with Gasteiger partial charge < -0.3 is 4.90 Å². The highest BCUT2D eigenvalue weighted by molar-refractivity contribution is 9.10. The van der Waals surface area contributed by atoms with Gasteiger partial charge in [0, 0.05) is 19.7 Å². The molecule has 0 aliphatic heterocycles. The summed E-state index contributed by atoms with van der Waals surface area (Å²) >= 11 is 4.86. The molecule has 0 saturated carbocycles. The third-order valence-electron chi connectivity index (χ3n) is 2.59. The predicted octanol–water partition coefficient (Wildman–Crippen LogP) is 3.18. The molecule has 0 aliphatic carbocycles. The van der Waals surface area contributed by atoms with Crippen molar-refractivity contribution in [2.75, 3.05) is 25.6 Å². The second-order valence-corrected chi connectivity index (χ2v) is 5.75. The monoisotopic (exact) mass is 346 g/mol. The largest absolute Gasteiger partial charge is 0.342 e. The minimum atomic E-state index is -0.505. The molecular formula is C12H15BrN2O3S. The summed E-state index contributed by atoms with van der Waals surface area (Å²) < 4.78 is 0.238. The Morgan fingerprint density at radius 3 is 2.79 bits per heavy atom. The van der Waals surface area contributed by atoms with E-state index in [1.54, 1.807) is 29.8 Å². The Morgan fingerprint density at radius 2 is 2.21 bits per heavy atom. The molecule has 0 aliphatic rings. The molecule has 0 atom stereocenters. The van der Waals surface area contributed by atoms with Crippen LogP contribution in [-0.4, -0.2) is 41.3 Å². The molecule has 5 nitrogen and oxygen atoms in total. The standard InChI is InChI=1S/C12H15BrN2O3S/c1-14(7-4-8-19-2)12(16)9-5-3-6-10(11(9)13)15(17)18/h3,5-6H,4,7-8H2,1-2H3. The third kappa shape index (κ3) is 4.21. The number of nitrogens with zero attached hydrogens (tertiary/aromatic N) is 2. The van der Waals surface area contributed by atoms with Crippen LogP contribution in [0.15, 0.2) is 22.7 Å². The van der Waals surface area contributed by atoms with Crippen molar-refractivity contribution in [3.63, 3.8) is 0 Å². The van der Waals surface area contributed by atoms with E-state index in [2.05, 4.69) is 15.9 Å². The van der Waals surface area contributed by atoms with Crippen molar-refractivity contribution in [3.8, 4) is 0 Å². The number of halogens is 1. The molecule has 19 heavy (non-hydrogen) atoms. The maximum atomic E-state index is 12.2. The summed E-state index contributed by atoms with van der Waals surface area (Å²) in [5.74, 6) is 0.768. The van der Waals surface area contributed by atoms with Crippen LogP contribution < -0.4 is 0 Å². The van der Waals surface area contributed by atoms with Crippen LogP contribution in [0.5, 0.6) is 0 Å². The van der Waals surface area contributed by atoms with E-state index in [1.165, 1.54) is 12.1 Å². The van der Waals surface area contributed by atoms with Crippen LogP contribution >= 0.6 is 27.7 Å². The number of thioether (sulfide) groups is 1. The first-order chi connectivity index (χ1) is 8.99. The molecular weight excluding hydrogens is 332 g/mol. The minimum Gasteiger partial charge on any atom is -0.342 e. The number of hydrogen-bond donors (Lipinski definition) is 0. The summed E-state index contributed by atoms with van der Waals surface area (Å²) in [6.07, 6.45) is 2.91. The minimum absolute atomic E-state index is 0.0941. The van der Waals surface area contributed by atoms with Gasteiger partial charge in [0.2, 0.25) is 0 Å². The van der Waals surface area contributed by atoms with E-state index >= 15 is 0 Å². The fourth-order valence-corrected chi connectivity index (χ4v) is 2.58. The van der Waals surface area contributed by atoms with Gasteiger partial charge in [-0.15, -0.1) is 0 Å². The molecule has 0 aromatic heterocycles. The summed E-state index contributed by atoms with van der Waals surface area (Å²) in [6, 6.07) is 4.48. The summed E-state index contributed by atoms with van der Waals surface area (Å²) in [7, 11) is 1.70. The average molecular weight is 347 g/mol. The maximum Gasteiger partial charge on any atom is 0.284 e. The Labute approximate surface area is 124 Å². The van der Waals surface area contributed by atoms with E-state index in [0.29, 0.717) is 12.1 Å². The highest BCUT2D eigenvalue weighted by Gasteiger charge is 2.21. The van der Waals surface area contributed by atoms with E-state index in [0.717, 1.165) is 12.2 Å². The highest BCUT2D eigenvalue weighted by Crippen LogP contribution is 2.28. The molecule has 1 aromatic carbocycles. The van der Waals surface area contributed by atoms with Crippen LogP contribution in [-0.2, 0) is 0 Å². The smallest absolute Gasteiger partial charge is 0.284 e. The maximum absolute atomic E-state index is 12.2.